The Morgan fingerprint density at radius 2 is 2.37 bits per heavy atom. The van der Waals surface area contributed by atoms with E-state index in [1.165, 1.54) is 0 Å². The van der Waals surface area contributed by atoms with Crippen molar-refractivity contribution in [1.29, 1.82) is 0 Å². The first-order valence-electron chi connectivity index (χ1n) is 6.04. The normalized spacial score (nSPS) is 24.1. The van der Waals surface area contributed by atoms with Crippen LogP contribution in [0.3, 0.4) is 0 Å². The Kier molecular flexibility index (Phi) is 2.59. The summed E-state index contributed by atoms with van der Waals surface area (Å²) >= 11 is 0. The van der Waals surface area contributed by atoms with E-state index < -0.39 is 5.54 Å². The number of aromatic nitrogens is 2. The zero-order chi connectivity index (χ0) is 13.3. The number of aromatic amines is 1. The van der Waals surface area contributed by atoms with Crippen LogP contribution in [-0.4, -0.2) is 21.6 Å². The molecule has 5 heteroatoms. The van der Waals surface area contributed by atoms with E-state index >= 15 is 0 Å². The van der Waals surface area contributed by atoms with Crippen LogP contribution in [0.5, 0.6) is 0 Å². The smallest absolute Gasteiger partial charge is 0.270 e. The summed E-state index contributed by atoms with van der Waals surface area (Å²) < 4.78 is 0. The molecule has 1 aliphatic carbocycles. The topological polar surface area (TPSA) is 69.8 Å². The summed E-state index contributed by atoms with van der Waals surface area (Å²) in [7, 11) is 0. The second kappa shape index (κ2) is 4.28. The zero-order valence-corrected chi connectivity index (χ0v) is 10.5. The minimum absolute atomic E-state index is 0.179. The molecule has 0 radical (unpaired) electrons. The van der Waals surface area contributed by atoms with Crippen LogP contribution in [0.15, 0.2) is 60.1 Å². The highest BCUT2D eigenvalue weighted by Crippen LogP contribution is 2.31. The Labute approximate surface area is 110 Å². The molecule has 0 spiro atoms. The first-order chi connectivity index (χ1) is 9.19. The van der Waals surface area contributed by atoms with Gasteiger partial charge in [-0.05, 0) is 24.6 Å². The molecule has 1 atom stereocenters. The molecule has 2 heterocycles. The van der Waals surface area contributed by atoms with Gasteiger partial charge >= 0.3 is 0 Å². The van der Waals surface area contributed by atoms with Gasteiger partial charge in [-0.3, -0.25) is 9.89 Å². The number of rotatable bonds is 2. The van der Waals surface area contributed by atoms with Crippen LogP contribution in [0.25, 0.3) is 0 Å². The van der Waals surface area contributed by atoms with Crippen LogP contribution < -0.4 is 10.6 Å². The molecule has 1 amide bonds. The zero-order valence-electron chi connectivity index (χ0n) is 10.5. The Morgan fingerprint density at radius 3 is 3.16 bits per heavy atom. The van der Waals surface area contributed by atoms with Crippen LogP contribution in [0.2, 0.25) is 0 Å². The predicted molar refractivity (Wildman–Crippen MR) is 72.0 cm³/mol. The van der Waals surface area contributed by atoms with E-state index in [0.717, 1.165) is 11.1 Å². The van der Waals surface area contributed by atoms with E-state index in [1.54, 1.807) is 12.3 Å². The quantitative estimate of drug-likeness (QED) is 0.747. The molecule has 3 rings (SSSR count). The van der Waals surface area contributed by atoms with Gasteiger partial charge in [-0.15, -0.1) is 0 Å². The van der Waals surface area contributed by atoms with E-state index in [0.29, 0.717) is 5.69 Å². The van der Waals surface area contributed by atoms with Crippen molar-refractivity contribution in [2.75, 3.05) is 0 Å². The van der Waals surface area contributed by atoms with Gasteiger partial charge < -0.3 is 10.6 Å². The maximum absolute atomic E-state index is 12.2. The number of nitrogens with one attached hydrogen (secondary N) is 3. The minimum Gasteiger partial charge on any atom is -0.367 e. The van der Waals surface area contributed by atoms with Gasteiger partial charge in [0, 0.05) is 24.2 Å². The number of hydrogen-bond acceptors (Lipinski definition) is 3. The average molecular weight is 254 g/mol. The first-order valence-corrected chi connectivity index (χ1v) is 6.04. The predicted octanol–water partition coefficient (Wildman–Crippen LogP) is 1.40. The lowest BCUT2D eigenvalue weighted by molar-refractivity contribution is 0.0926. The molecule has 0 saturated heterocycles. The molecule has 0 bridgehead atoms. The number of H-pyrrole nitrogens is 1. The Hall–Kier alpha value is -2.56. The number of carbonyl (C=O) groups excluding carboxylic acids is 1. The van der Waals surface area contributed by atoms with Crippen molar-refractivity contribution in [3.05, 3.63) is 65.8 Å². The number of carbonyl (C=O) groups is 1. The highest BCUT2D eigenvalue weighted by Gasteiger charge is 2.32. The number of hydrogen-bond donors (Lipinski definition) is 3. The molecule has 96 valence electrons. The van der Waals surface area contributed by atoms with Crippen molar-refractivity contribution >= 4 is 5.91 Å². The van der Waals surface area contributed by atoms with Gasteiger partial charge in [0.1, 0.15) is 5.69 Å². The summed E-state index contributed by atoms with van der Waals surface area (Å²) in [5, 5.41) is 12.5. The highest BCUT2D eigenvalue weighted by atomic mass is 16.2. The van der Waals surface area contributed by atoms with Gasteiger partial charge in [0.2, 0.25) is 0 Å². The van der Waals surface area contributed by atoms with Gasteiger partial charge in [-0.1, -0.05) is 18.2 Å². The molecule has 3 N–H and O–H groups in total. The van der Waals surface area contributed by atoms with E-state index in [-0.39, 0.29) is 5.91 Å². The van der Waals surface area contributed by atoms with E-state index in [4.69, 9.17) is 0 Å². The Balaban J connectivity index is 1.88. The molecule has 19 heavy (non-hydrogen) atoms. The summed E-state index contributed by atoms with van der Waals surface area (Å²) in [4.78, 5) is 12.2. The first kappa shape index (κ1) is 11.5. The largest absolute Gasteiger partial charge is 0.367 e. The molecule has 1 unspecified atom stereocenters. The van der Waals surface area contributed by atoms with Crippen LogP contribution >= 0.6 is 0 Å². The van der Waals surface area contributed by atoms with Crippen LogP contribution in [0.1, 0.15) is 17.4 Å². The molecular formula is C14H14N4O. The average Bonchev–Trinajstić information content (AvgIpc) is 2.93. The standard InChI is InChI=1S/C14H14N4O/c1-14(17-13(19)12-5-8-16-18-12)6-2-3-10-4-7-15-9-11(10)14/h2-9,15H,1H3,(H,16,18)(H,17,19). The molecule has 0 fully saturated rings. The number of dihydropyridines is 1. The number of nitrogens with zero attached hydrogens (tertiary/aromatic N) is 1. The molecule has 5 nitrogen and oxygen atoms in total. The second-order valence-corrected chi connectivity index (χ2v) is 4.67. The number of fused-ring (bicyclic) bond motifs is 1. The third-order valence-electron chi connectivity index (χ3n) is 3.28. The summed E-state index contributed by atoms with van der Waals surface area (Å²) in [5.41, 5.74) is 2.04. The minimum atomic E-state index is -0.538. The SMILES string of the molecule is CC1(NC(=O)c2ccn[nH]2)C=CC=C2C=CNC=C21. The Bertz CT molecular complexity index is 622. The Morgan fingerprint density at radius 1 is 1.47 bits per heavy atom. The van der Waals surface area contributed by atoms with Crippen molar-refractivity contribution < 1.29 is 4.79 Å². The fraction of sp³-hybridized carbons (Fsp3) is 0.143. The van der Waals surface area contributed by atoms with Crippen LogP contribution in [0.4, 0.5) is 0 Å². The fourth-order valence-corrected chi connectivity index (χ4v) is 2.27. The molecule has 1 aliphatic heterocycles. The van der Waals surface area contributed by atoms with Crippen molar-refractivity contribution in [3.8, 4) is 0 Å². The molecule has 0 aromatic carbocycles. The molecular weight excluding hydrogens is 240 g/mol. The van der Waals surface area contributed by atoms with E-state index in [2.05, 4.69) is 20.8 Å². The summed E-state index contributed by atoms with van der Waals surface area (Å²) in [6.07, 6.45) is 13.3. The van der Waals surface area contributed by atoms with E-state index in [9.17, 15) is 4.79 Å². The van der Waals surface area contributed by atoms with Crippen molar-refractivity contribution in [3.63, 3.8) is 0 Å². The van der Waals surface area contributed by atoms with Crippen LogP contribution in [0, 0.1) is 0 Å². The molecule has 1 aromatic rings. The van der Waals surface area contributed by atoms with Crippen molar-refractivity contribution in [1.82, 2.24) is 20.8 Å². The number of allylic oxidation sites excluding steroid dienone is 3. The van der Waals surface area contributed by atoms with Gasteiger partial charge in [-0.25, -0.2) is 0 Å². The second-order valence-electron chi connectivity index (χ2n) is 4.67. The van der Waals surface area contributed by atoms with Crippen LogP contribution in [-0.2, 0) is 0 Å². The van der Waals surface area contributed by atoms with E-state index in [1.807, 2.05) is 43.6 Å². The lowest BCUT2D eigenvalue weighted by Crippen LogP contribution is -2.47. The van der Waals surface area contributed by atoms with Crippen molar-refractivity contribution in [2.24, 2.45) is 0 Å². The molecule has 2 aliphatic rings. The highest BCUT2D eigenvalue weighted by molar-refractivity contribution is 5.93. The van der Waals surface area contributed by atoms with Gasteiger partial charge in [0.15, 0.2) is 0 Å². The number of amides is 1. The molecule has 0 saturated carbocycles. The third kappa shape index (κ3) is 1.99. The van der Waals surface area contributed by atoms with Gasteiger partial charge in [0.25, 0.3) is 5.91 Å². The lowest BCUT2D eigenvalue weighted by Gasteiger charge is -2.34. The van der Waals surface area contributed by atoms with Gasteiger partial charge in [-0.2, -0.15) is 5.10 Å². The summed E-state index contributed by atoms with van der Waals surface area (Å²) in [6, 6.07) is 1.65. The molecule has 1 aromatic heterocycles. The van der Waals surface area contributed by atoms with Gasteiger partial charge in [0.05, 0.1) is 5.54 Å². The fourth-order valence-electron chi connectivity index (χ4n) is 2.27. The summed E-state index contributed by atoms with van der Waals surface area (Å²) in [5.74, 6) is -0.179. The van der Waals surface area contributed by atoms with Crippen molar-refractivity contribution in [2.45, 2.75) is 12.5 Å². The lowest BCUT2D eigenvalue weighted by atomic mass is 9.82. The third-order valence-corrected chi connectivity index (χ3v) is 3.28. The maximum atomic E-state index is 12.2. The maximum Gasteiger partial charge on any atom is 0.270 e. The monoisotopic (exact) mass is 254 g/mol. The summed E-state index contributed by atoms with van der Waals surface area (Å²) in [6.45, 7) is 1.97.